The van der Waals surface area contributed by atoms with Crippen LogP contribution in [-0.4, -0.2) is 45.8 Å². The molecule has 19 heavy (non-hydrogen) atoms. The second kappa shape index (κ2) is 6.48. The van der Waals surface area contributed by atoms with Gasteiger partial charge in [0.2, 0.25) is 0 Å². The normalized spacial score (nSPS) is 25.1. The lowest BCUT2D eigenvalue weighted by Gasteiger charge is -2.36. The average molecular weight is 265 g/mol. The molecule has 0 amide bonds. The summed E-state index contributed by atoms with van der Waals surface area (Å²) in [6, 6.07) is 0.657. The monoisotopic (exact) mass is 265 g/mol. The summed E-state index contributed by atoms with van der Waals surface area (Å²) in [4.78, 5) is 6.92. The first-order valence-corrected chi connectivity index (χ1v) is 7.36. The molecule has 0 bridgehead atoms. The maximum Gasteiger partial charge on any atom is 0.141 e. The van der Waals surface area contributed by atoms with Crippen molar-refractivity contribution in [2.75, 3.05) is 20.1 Å². The number of hydrogen-bond acceptors (Lipinski definition) is 4. The van der Waals surface area contributed by atoms with Gasteiger partial charge in [0, 0.05) is 25.7 Å². The van der Waals surface area contributed by atoms with Gasteiger partial charge in [-0.25, -0.2) is 9.67 Å². The van der Waals surface area contributed by atoms with Crippen molar-refractivity contribution in [3.05, 3.63) is 12.2 Å². The molecule has 2 heterocycles. The molecule has 2 rings (SSSR count). The maximum atomic E-state index is 4.42. The number of likely N-dealkylation sites (tertiary alicyclic amines) is 1. The fourth-order valence-corrected chi connectivity index (χ4v) is 2.91. The molecule has 5 heteroatoms. The lowest BCUT2D eigenvalue weighted by molar-refractivity contribution is 0.139. The predicted molar refractivity (Wildman–Crippen MR) is 76.8 cm³/mol. The summed E-state index contributed by atoms with van der Waals surface area (Å²) in [6.45, 7) is 10.9. The minimum absolute atomic E-state index is 0.606. The van der Waals surface area contributed by atoms with Crippen molar-refractivity contribution in [2.45, 2.75) is 46.3 Å². The molecule has 1 N–H and O–H groups in total. The number of nitrogens with zero attached hydrogens (tertiary/aromatic N) is 4. The molecular formula is C14H27N5. The van der Waals surface area contributed by atoms with Crippen LogP contribution in [0.25, 0.3) is 0 Å². The molecule has 2 atom stereocenters. The number of piperidine rings is 1. The van der Waals surface area contributed by atoms with Gasteiger partial charge in [0.25, 0.3) is 0 Å². The van der Waals surface area contributed by atoms with E-state index in [0.29, 0.717) is 17.9 Å². The zero-order valence-corrected chi connectivity index (χ0v) is 12.6. The van der Waals surface area contributed by atoms with Crippen molar-refractivity contribution in [1.29, 1.82) is 0 Å². The van der Waals surface area contributed by atoms with Gasteiger partial charge in [0.05, 0.1) is 6.54 Å². The number of hydrogen-bond donors (Lipinski definition) is 1. The molecule has 0 aliphatic carbocycles. The van der Waals surface area contributed by atoms with E-state index in [4.69, 9.17) is 0 Å². The minimum Gasteiger partial charge on any atom is -0.317 e. The Labute approximate surface area is 116 Å². The van der Waals surface area contributed by atoms with Crippen LogP contribution < -0.4 is 5.32 Å². The zero-order chi connectivity index (χ0) is 13.8. The predicted octanol–water partition coefficient (Wildman–Crippen LogP) is 1.36. The largest absolute Gasteiger partial charge is 0.317 e. The smallest absolute Gasteiger partial charge is 0.141 e. The second-order valence-electron chi connectivity index (χ2n) is 6.15. The SMILES string of the molecule is CNC1CCN(Cc2ncnn2CC(C)C)CC1C. The van der Waals surface area contributed by atoms with Crippen molar-refractivity contribution in [3.63, 3.8) is 0 Å². The first-order chi connectivity index (χ1) is 9.10. The van der Waals surface area contributed by atoms with E-state index in [2.05, 4.69) is 52.8 Å². The third kappa shape index (κ3) is 3.76. The van der Waals surface area contributed by atoms with Gasteiger partial charge >= 0.3 is 0 Å². The molecule has 0 saturated carbocycles. The number of aromatic nitrogens is 3. The van der Waals surface area contributed by atoms with Crippen molar-refractivity contribution in [2.24, 2.45) is 11.8 Å². The summed E-state index contributed by atoms with van der Waals surface area (Å²) in [5.74, 6) is 2.40. The topological polar surface area (TPSA) is 46.0 Å². The first-order valence-electron chi connectivity index (χ1n) is 7.36. The van der Waals surface area contributed by atoms with Crippen molar-refractivity contribution in [3.8, 4) is 0 Å². The lowest BCUT2D eigenvalue weighted by Crippen LogP contribution is -2.47. The lowest BCUT2D eigenvalue weighted by atomic mass is 9.94. The van der Waals surface area contributed by atoms with Crippen LogP contribution in [-0.2, 0) is 13.1 Å². The van der Waals surface area contributed by atoms with E-state index in [0.717, 1.165) is 32.0 Å². The highest BCUT2D eigenvalue weighted by Gasteiger charge is 2.25. The second-order valence-corrected chi connectivity index (χ2v) is 6.15. The van der Waals surface area contributed by atoms with E-state index in [-0.39, 0.29) is 0 Å². The molecule has 0 spiro atoms. The van der Waals surface area contributed by atoms with Gasteiger partial charge in [-0.2, -0.15) is 5.10 Å². The molecule has 1 aliphatic heterocycles. The summed E-state index contributed by atoms with van der Waals surface area (Å²) >= 11 is 0. The fraction of sp³-hybridized carbons (Fsp3) is 0.857. The average Bonchev–Trinajstić information content (AvgIpc) is 2.76. The summed E-state index contributed by atoms with van der Waals surface area (Å²) < 4.78 is 2.06. The molecule has 1 aromatic rings. The van der Waals surface area contributed by atoms with E-state index >= 15 is 0 Å². The molecule has 1 saturated heterocycles. The van der Waals surface area contributed by atoms with Gasteiger partial charge in [-0.3, -0.25) is 4.90 Å². The van der Waals surface area contributed by atoms with E-state index < -0.39 is 0 Å². The highest BCUT2D eigenvalue weighted by atomic mass is 15.3. The summed E-state index contributed by atoms with van der Waals surface area (Å²) in [5.41, 5.74) is 0. The number of rotatable bonds is 5. The van der Waals surface area contributed by atoms with Crippen LogP contribution in [0.15, 0.2) is 6.33 Å². The fourth-order valence-electron chi connectivity index (χ4n) is 2.91. The molecule has 0 aromatic carbocycles. The van der Waals surface area contributed by atoms with Crippen LogP contribution in [0.2, 0.25) is 0 Å². The minimum atomic E-state index is 0.606. The molecule has 108 valence electrons. The molecule has 1 fully saturated rings. The van der Waals surface area contributed by atoms with Crippen LogP contribution in [0.4, 0.5) is 0 Å². The van der Waals surface area contributed by atoms with Crippen molar-refractivity contribution >= 4 is 0 Å². The van der Waals surface area contributed by atoms with Crippen LogP contribution in [0.3, 0.4) is 0 Å². The van der Waals surface area contributed by atoms with Crippen LogP contribution in [0.5, 0.6) is 0 Å². The molecular weight excluding hydrogens is 238 g/mol. The third-order valence-corrected chi connectivity index (χ3v) is 3.96. The zero-order valence-electron chi connectivity index (χ0n) is 12.6. The quantitative estimate of drug-likeness (QED) is 0.873. The molecule has 5 nitrogen and oxygen atoms in total. The summed E-state index contributed by atoms with van der Waals surface area (Å²) in [6.07, 6.45) is 2.90. The Morgan fingerprint density at radius 1 is 1.47 bits per heavy atom. The molecule has 0 radical (unpaired) electrons. The standard InChI is InChI=1S/C14H27N5/c1-11(2)7-19-14(16-10-17-19)9-18-6-5-13(15-4)12(3)8-18/h10-13,15H,5-9H2,1-4H3. The van der Waals surface area contributed by atoms with Gasteiger partial charge in [-0.1, -0.05) is 20.8 Å². The Balaban J connectivity index is 1.93. The van der Waals surface area contributed by atoms with Crippen LogP contribution >= 0.6 is 0 Å². The Hall–Kier alpha value is -0.940. The molecule has 1 aromatic heterocycles. The van der Waals surface area contributed by atoms with Gasteiger partial charge in [0.15, 0.2) is 0 Å². The first kappa shape index (κ1) is 14.5. The van der Waals surface area contributed by atoms with E-state index in [1.54, 1.807) is 6.33 Å². The van der Waals surface area contributed by atoms with Gasteiger partial charge < -0.3 is 5.32 Å². The highest BCUT2D eigenvalue weighted by Crippen LogP contribution is 2.18. The molecule has 2 unspecified atom stereocenters. The van der Waals surface area contributed by atoms with Crippen LogP contribution in [0.1, 0.15) is 33.0 Å². The van der Waals surface area contributed by atoms with E-state index in [9.17, 15) is 0 Å². The highest BCUT2D eigenvalue weighted by molar-refractivity contribution is 4.89. The van der Waals surface area contributed by atoms with Crippen molar-refractivity contribution in [1.82, 2.24) is 25.0 Å². The molecule has 1 aliphatic rings. The Bertz CT molecular complexity index is 387. The van der Waals surface area contributed by atoms with Gasteiger partial charge in [0.1, 0.15) is 12.2 Å². The summed E-state index contributed by atoms with van der Waals surface area (Å²) in [7, 11) is 2.07. The summed E-state index contributed by atoms with van der Waals surface area (Å²) in [5, 5.41) is 7.75. The van der Waals surface area contributed by atoms with Gasteiger partial charge in [-0.15, -0.1) is 0 Å². The van der Waals surface area contributed by atoms with E-state index in [1.807, 2.05) is 0 Å². The maximum absolute atomic E-state index is 4.42. The van der Waals surface area contributed by atoms with Gasteiger partial charge in [-0.05, 0) is 25.3 Å². The van der Waals surface area contributed by atoms with Crippen LogP contribution in [0, 0.1) is 11.8 Å². The van der Waals surface area contributed by atoms with E-state index in [1.165, 1.54) is 6.42 Å². The Morgan fingerprint density at radius 2 is 2.26 bits per heavy atom. The Kier molecular flexibility index (Phi) is 4.93. The van der Waals surface area contributed by atoms with Crippen molar-refractivity contribution < 1.29 is 0 Å². The number of nitrogens with one attached hydrogen (secondary N) is 1. The third-order valence-electron chi connectivity index (χ3n) is 3.96. The Morgan fingerprint density at radius 3 is 2.89 bits per heavy atom.